The molecule has 2 atom stereocenters. The third kappa shape index (κ3) is 6.75. The first kappa shape index (κ1) is 33.6. The van der Waals surface area contributed by atoms with Crippen molar-refractivity contribution in [1.82, 2.24) is 5.32 Å². The second kappa shape index (κ2) is 11.3. The van der Waals surface area contributed by atoms with Gasteiger partial charge in [0, 0.05) is 6.42 Å². The van der Waals surface area contributed by atoms with E-state index < -0.39 is 79.4 Å². The summed E-state index contributed by atoms with van der Waals surface area (Å²) < 4.78 is 177. The number of alkyl halides is 13. The standard InChI is InChI=1S/C21H22F13NO3/c1-11(2)38-15(37)35-14(12-6-4-3-5-7-12)10-13(36)8-9-16(22,23)17(24,25)18(26,27)19(28,29)20(30,31)21(32,33)34/h3-7,11,13-14,36H,8-10H2,1-2H3,(H,35,37)/t13-,14?/m0/s1. The summed E-state index contributed by atoms with van der Waals surface area (Å²) in [5, 5.41) is 12.3. The number of carbonyl (C=O) groups is 1. The largest absolute Gasteiger partial charge is 0.460 e. The van der Waals surface area contributed by atoms with Gasteiger partial charge in [-0.1, -0.05) is 30.3 Å². The fourth-order valence-electron chi connectivity index (χ4n) is 3.05. The Labute approximate surface area is 207 Å². The summed E-state index contributed by atoms with van der Waals surface area (Å²) in [6.07, 6.45) is -16.1. The van der Waals surface area contributed by atoms with Crippen LogP contribution in [0.3, 0.4) is 0 Å². The van der Waals surface area contributed by atoms with E-state index in [0.29, 0.717) is 0 Å². The van der Waals surface area contributed by atoms with Gasteiger partial charge in [-0.05, 0) is 32.3 Å². The zero-order valence-electron chi connectivity index (χ0n) is 19.4. The van der Waals surface area contributed by atoms with Crippen LogP contribution >= 0.6 is 0 Å². The molecule has 0 radical (unpaired) electrons. The van der Waals surface area contributed by atoms with E-state index >= 15 is 0 Å². The van der Waals surface area contributed by atoms with Crippen molar-refractivity contribution in [2.75, 3.05) is 0 Å². The number of rotatable bonds is 12. The lowest BCUT2D eigenvalue weighted by atomic mass is 9.90. The van der Waals surface area contributed by atoms with E-state index in [4.69, 9.17) is 4.74 Å². The molecule has 1 aromatic rings. The summed E-state index contributed by atoms with van der Waals surface area (Å²) in [6, 6.07) is 5.92. The first-order chi connectivity index (χ1) is 16.9. The molecule has 0 heterocycles. The Morgan fingerprint density at radius 3 is 1.74 bits per heavy atom. The lowest BCUT2D eigenvalue weighted by molar-refractivity contribution is -0.440. The molecule has 0 spiro atoms. The molecule has 0 fully saturated rings. The molecule has 0 saturated heterocycles. The van der Waals surface area contributed by atoms with Crippen molar-refractivity contribution in [1.29, 1.82) is 0 Å². The molecular weight excluding hydrogens is 561 g/mol. The molecule has 1 unspecified atom stereocenters. The lowest BCUT2D eigenvalue weighted by Crippen LogP contribution is -2.70. The van der Waals surface area contributed by atoms with Crippen molar-refractivity contribution in [3.05, 3.63) is 35.9 Å². The highest BCUT2D eigenvalue weighted by Gasteiger charge is 2.90. The zero-order valence-corrected chi connectivity index (χ0v) is 19.4. The fourth-order valence-corrected chi connectivity index (χ4v) is 3.05. The zero-order chi connectivity index (χ0) is 30.0. The van der Waals surface area contributed by atoms with Gasteiger partial charge in [0.25, 0.3) is 0 Å². The summed E-state index contributed by atoms with van der Waals surface area (Å²) in [6.45, 7) is 2.91. The summed E-state index contributed by atoms with van der Waals surface area (Å²) >= 11 is 0. The Kier molecular flexibility index (Phi) is 10.0. The topological polar surface area (TPSA) is 58.6 Å². The maximum Gasteiger partial charge on any atom is 0.460 e. The van der Waals surface area contributed by atoms with Crippen LogP contribution < -0.4 is 5.32 Å². The molecule has 0 aliphatic heterocycles. The number of hydrogen-bond acceptors (Lipinski definition) is 3. The Morgan fingerprint density at radius 2 is 1.29 bits per heavy atom. The van der Waals surface area contributed by atoms with Crippen LogP contribution in [0.5, 0.6) is 0 Å². The van der Waals surface area contributed by atoms with Gasteiger partial charge in [0.15, 0.2) is 0 Å². The van der Waals surface area contributed by atoms with Crippen LogP contribution in [0.2, 0.25) is 0 Å². The average molecular weight is 583 g/mol. The SMILES string of the molecule is CC(C)OC(=O)NC(C[C@@H](O)CCC(F)(F)C(F)(F)C(F)(F)C(F)(F)C(F)(F)C(F)(F)F)c1ccccc1. The second-order valence-electron chi connectivity index (χ2n) is 8.49. The van der Waals surface area contributed by atoms with Gasteiger partial charge in [0.1, 0.15) is 0 Å². The fraction of sp³-hybridized carbons (Fsp3) is 0.667. The van der Waals surface area contributed by atoms with E-state index in [1.165, 1.54) is 44.2 Å². The molecule has 220 valence electrons. The van der Waals surface area contributed by atoms with Crippen LogP contribution in [0.25, 0.3) is 0 Å². The van der Waals surface area contributed by atoms with Crippen LogP contribution in [0.15, 0.2) is 30.3 Å². The Balaban J connectivity index is 3.11. The molecule has 0 saturated carbocycles. The van der Waals surface area contributed by atoms with E-state index in [0.717, 1.165) is 0 Å². The van der Waals surface area contributed by atoms with Crippen LogP contribution in [-0.4, -0.2) is 59.2 Å². The van der Waals surface area contributed by atoms with E-state index in [9.17, 15) is 67.0 Å². The van der Waals surface area contributed by atoms with Crippen LogP contribution in [-0.2, 0) is 4.74 Å². The van der Waals surface area contributed by atoms with E-state index in [1.54, 1.807) is 0 Å². The Morgan fingerprint density at radius 1 is 0.816 bits per heavy atom. The molecule has 4 nitrogen and oxygen atoms in total. The summed E-state index contributed by atoms with van der Waals surface area (Å²) in [5.41, 5.74) is 0.227. The van der Waals surface area contributed by atoms with E-state index in [2.05, 4.69) is 5.32 Å². The quantitative estimate of drug-likeness (QED) is 0.258. The highest BCUT2D eigenvalue weighted by Crippen LogP contribution is 2.60. The van der Waals surface area contributed by atoms with Crippen molar-refractivity contribution in [3.63, 3.8) is 0 Å². The molecule has 0 aromatic heterocycles. The van der Waals surface area contributed by atoms with Crippen LogP contribution in [0.1, 0.15) is 44.7 Å². The van der Waals surface area contributed by atoms with Gasteiger partial charge in [0.05, 0.1) is 18.2 Å². The number of alkyl carbamates (subject to hydrolysis) is 1. The second-order valence-corrected chi connectivity index (χ2v) is 8.49. The molecule has 0 bridgehead atoms. The first-order valence-corrected chi connectivity index (χ1v) is 10.6. The number of carbonyl (C=O) groups excluding carboxylic acids is 1. The number of aliphatic hydroxyl groups excluding tert-OH is 1. The molecule has 17 heteroatoms. The minimum absolute atomic E-state index is 0.227. The number of halogens is 13. The van der Waals surface area contributed by atoms with Crippen molar-refractivity contribution in [2.45, 2.75) is 87.1 Å². The summed E-state index contributed by atoms with van der Waals surface area (Å²) in [4.78, 5) is 11.9. The number of nitrogens with one attached hydrogen (secondary N) is 1. The van der Waals surface area contributed by atoms with Crippen molar-refractivity contribution in [3.8, 4) is 0 Å². The number of ether oxygens (including phenoxy) is 1. The predicted molar refractivity (Wildman–Crippen MR) is 105 cm³/mol. The smallest absolute Gasteiger partial charge is 0.447 e. The molecule has 1 aromatic carbocycles. The molecule has 0 aliphatic carbocycles. The van der Waals surface area contributed by atoms with Crippen LogP contribution in [0, 0.1) is 0 Å². The summed E-state index contributed by atoms with van der Waals surface area (Å²) in [5.74, 6) is -37.4. The van der Waals surface area contributed by atoms with Gasteiger partial charge < -0.3 is 15.2 Å². The maximum atomic E-state index is 14.0. The molecule has 2 N–H and O–H groups in total. The van der Waals surface area contributed by atoms with Gasteiger partial charge in [0.2, 0.25) is 0 Å². The van der Waals surface area contributed by atoms with Gasteiger partial charge in [-0.25, -0.2) is 4.79 Å². The van der Waals surface area contributed by atoms with E-state index in [-0.39, 0.29) is 5.56 Å². The van der Waals surface area contributed by atoms with Crippen molar-refractivity contribution >= 4 is 6.09 Å². The number of benzene rings is 1. The lowest BCUT2D eigenvalue weighted by Gasteiger charge is -2.40. The minimum Gasteiger partial charge on any atom is -0.447 e. The average Bonchev–Trinajstić information content (AvgIpc) is 2.76. The maximum absolute atomic E-state index is 14.0. The van der Waals surface area contributed by atoms with Gasteiger partial charge in [-0.3, -0.25) is 0 Å². The molecular formula is C21H22F13NO3. The van der Waals surface area contributed by atoms with E-state index in [1.807, 2.05) is 0 Å². The Bertz CT molecular complexity index is 921. The molecule has 0 aliphatic rings. The number of amides is 1. The normalized spacial score (nSPS) is 15.8. The van der Waals surface area contributed by atoms with Gasteiger partial charge in [-0.15, -0.1) is 0 Å². The third-order valence-electron chi connectivity index (χ3n) is 5.13. The van der Waals surface area contributed by atoms with Gasteiger partial charge >= 0.3 is 41.9 Å². The molecule has 38 heavy (non-hydrogen) atoms. The first-order valence-electron chi connectivity index (χ1n) is 10.6. The highest BCUT2D eigenvalue weighted by atomic mass is 19.4. The number of hydrogen-bond donors (Lipinski definition) is 2. The highest BCUT2D eigenvalue weighted by molar-refractivity contribution is 5.68. The monoisotopic (exact) mass is 583 g/mol. The van der Waals surface area contributed by atoms with Crippen molar-refractivity contribution < 1.29 is 71.7 Å². The summed E-state index contributed by atoms with van der Waals surface area (Å²) in [7, 11) is 0. The van der Waals surface area contributed by atoms with Crippen LogP contribution in [0.4, 0.5) is 61.9 Å². The number of aliphatic hydroxyl groups is 1. The van der Waals surface area contributed by atoms with Gasteiger partial charge in [-0.2, -0.15) is 57.1 Å². The van der Waals surface area contributed by atoms with Crippen molar-refractivity contribution in [2.24, 2.45) is 0 Å². The Hall–Kier alpha value is -2.46. The third-order valence-corrected chi connectivity index (χ3v) is 5.13. The predicted octanol–water partition coefficient (Wildman–Crippen LogP) is 7.13. The molecule has 1 amide bonds. The minimum atomic E-state index is -7.98. The molecule has 1 rings (SSSR count).